The van der Waals surface area contributed by atoms with E-state index in [1.54, 1.807) is 0 Å². The minimum atomic E-state index is -1.08. The minimum absolute atomic E-state index is 0.0359. The van der Waals surface area contributed by atoms with Crippen LogP contribution in [0.25, 0.3) is 0 Å². The first kappa shape index (κ1) is 17.4. The van der Waals surface area contributed by atoms with Gasteiger partial charge in [0.2, 0.25) is 0 Å². The molecule has 0 saturated heterocycles. The van der Waals surface area contributed by atoms with E-state index in [0.717, 1.165) is 12.8 Å². The van der Waals surface area contributed by atoms with Gasteiger partial charge in [-0.15, -0.1) is 0 Å². The molecule has 0 aromatic carbocycles. The number of carboxylic acids is 2. The summed E-state index contributed by atoms with van der Waals surface area (Å²) >= 11 is 0. The van der Waals surface area contributed by atoms with E-state index in [2.05, 4.69) is 0 Å². The third-order valence-electron chi connectivity index (χ3n) is 3.87. The zero-order valence-corrected chi connectivity index (χ0v) is 12.3. The van der Waals surface area contributed by atoms with Crippen molar-refractivity contribution in [3.8, 4) is 0 Å². The van der Waals surface area contributed by atoms with Crippen LogP contribution in [0.15, 0.2) is 23.8 Å². The van der Waals surface area contributed by atoms with Gasteiger partial charge in [0.05, 0.1) is 11.1 Å². The third kappa shape index (κ3) is 5.32. The molecular formula is C15H24N2O4. The van der Waals surface area contributed by atoms with Crippen LogP contribution in [0.5, 0.6) is 0 Å². The van der Waals surface area contributed by atoms with Gasteiger partial charge in [0.1, 0.15) is 0 Å². The topological polar surface area (TPSA) is 127 Å². The lowest BCUT2D eigenvalue weighted by atomic mass is 9.80. The largest absolute Gasteiger partial charge is 0.481 e. The van der Waals surface area contributed by atoms with Gasteiger partial charge in [-0.2, -0.15) is 0 Å². The number of carboxylic acid groups (broad SMARTS) is 2. The molecule has 1 atom stereocenters. The van der Waals surface area contributed by atoms with E-state index < -0.39 is 17.4 Å². The maximum absolute atomic E-state index is 10.8. The van der Waals surface area contributed by atoms with Crippen molar-refractivity contribution >= 4 is 11.9 Å². The maximum Gasteiger partial charge on any atom is 0.331 e. The fraction of sp³-hybridized carbons (Fsp3) is 0.600. The molecule has 6 nitrogen and oxygen atoms in total. The Morgan fingerprint density at radius 2 is 1.71 bits per heavy atom. The number of rotatable bonds is 2. The molecule has 0 radical (unpaired) electrons. The highest BCUT2D eigenvalue weighted by Crippen LogP contribution is 2.31. The van der Waals surface area contributed by atoms with Crippen molar-refractivity contribution in [2.24, 2.45) is 16.9 Å². The first-order valence-corrected chi connectivity index (χ1v) is 7.09. The van der Waals surface area contributed by atoms with Gasteiger partial charge >= 0.3 is 11.9 Å². The van der Waals surface area contributed by atoms with E-state index in [1.165, 1.54) is 44.4 Å². The number of nitrogens with two attached hydrogens (primary N) is 2. The maximum atomic E-state index is 10.8. The van der Waals surface area contributed by atoms with Crippen LogP contribution >= 0.6 is 0 Å². The molecule has 0 spiro atoms. The summed E-state index contributed by atoms with van der Waals surface area (Å²) in [4.78, 5) is 21.3. The van der Waals surface area contributed by atoms with Gasteiger partial charge in [-0.1, -0.05) is 37.5 Å². The van der Waals surface area contributed by atoms with E-state index in [1.807, 2.05) is 0 Å². The summed E-state index contributed by atoms with van der Waals surface area (Å²) in [5, 5.41) is 17.5. The van der Waals surface area contributed by atoms with Crippen LogP contribution in [0.4, 0.5) is 0 Å². The second-order valence-electron chi connectivity index (χ2n) is 6.05. The van der Waals surface area contributed by atoms with Crippen molar-refractivity contribution < 1.29 is 19.8 Å². The standard InChI is InChI=1S/C9H10O4.C6H14N2/c1-9(8(12)13)4-2-3-6(5-9)7(10)11;7-6(8)4-2-1-3-5-6/h2-4H,5H2,1H3,(H,10,11)(H,12,13);1-5,7-8H2. The van der Waals surface area contributed by atoms with Gasteiger partial charge < -0.3 is 21.7 Å². The predicted molar refractivity (Wildman–Crippen MR) is 79.4 cm³/mol. The highest BCUT2D eigenvalue weighted by atomic mass is 16.4. The van der Waals surface area contributed by atoms with E-state index in [-0.39, 0.29) is 17.7 Å². The molecule has 1 unspecified atom stereocenters. The van der Waals surface area contributed by atoms with E-state index in [0.29, 0.717) is 0 Å². The van der Waals surface area contributed by atoms with Gasteiger partial charge in [-0.3, -0.25) is 4.79 Å². The Labute approximate surface area is 124 Å². The summed E-state index contributed by atoms with van der Waals surface area (Å²) in [6, 6.07) is 0. The number of hydrogen-bond acceptors (Lipinski definition) is 4. The molecule has 21 heavy (non-hydrogen) atoms. The molecule has 0 bridgehead atoms. The van der Waals surface area contributed by atoms with Gasteiger partial charge in [-0.25, -0.2) is 4.79 Å². The minimum Gasteiger partial charge on any atom is -0.481 e. The first-order valence-electron chi connectivity index (χ1n) is 7.09. The average molecular weight is 296 g/mol. The number of hydrogen-bond donors (Lipinski definition) is 4. The van der Waals surface area contributed by atoms with Gasteiger partial charge in [0.15, 0.2) is 0 Å². The van der Waals surface area contributed by atoms with Crippen LogP contribution in [0.3, 0.4) is 0 Å². The molecule has 0 amide bonds. The van der Waals surface area contributed by atoms with Crippen LogP contribution in [0, 0.1) is 5.41 Å². The SMILES string of the molecule is CC1(C(=O)O)C=CC=C(C(=O)O)C1.NC1(N)CCCCC1. The lowest BCUT2D eigenvalue weighted by Gasteiger charge is -2.28. The molecule has 2 aliphatic rings. The molecule has 0 aliphatic heterocycles. The lowest BCUT2D eigenvalue weighted by Crippen LogP contribution is -2.50. The van der Waals surface area contributed by atoms with Crippen molar-refractivity contribution in [2.75, 3.05) is 0 Å². The highest BCUT2D eigenvalue weighted by Gasteiger charge is 2.34. The predicted octanol–water partition coefficient (Wildman–Crippen LogP) is 1.61. The second-order valence-corrected chi connectivity index (χ2v) is 6.05. The van der Waals surface area contributed by atoms with Crippen LogP contribution in [0.1, 0.15) is 45.4 Å². The van der Waals surface area contributed by atoms with Gasteiger partial charge in [-0.05, 0) is 26.2 Å². The van der Waals surface area contributed by atoms with E-state index in [4.69, 9.17) is 21.7 Å². The fourth-order valence-electron chi connectivity index (χ4n) is 2.39. The Bertz CT molecular complexity index is 460. The zero-order valence-electron chi connectivity index (χ0n) is 12.3. The lowest BCUT2D eigenvalue weighted by molar-refractivity contribution is -0.145. The Kier molecular flexibility index (Phi) is 5.69. The Hall–Kier alpha value is -1.66. The normalized spacial score (nSPS) is 27.1. The van der Waals surface area contributed by atoms with Gasteiger partial charge in [0, 0.05) is 5.57 Å². The quantitative estimate of drug-likeness (QED) is 0.573. The summed E-state index contributed by atoms with van der Waals surface area (Å²) < 4.78 is 0. The molecule has 0 aromatic rings. The molecule has 0 heterocycles. The van der Waals surface area contributed by atoms with Crippen molar-refractivity contribution in [3.63, 3.8) is 0 Å². The van der Waals surface area contributed by atoms with Crippen LogP contribution in [-0.2, 0) is 9.59 Å². The fourth-order valence-corrected chi connectivity index (χ4v) is 2.39. The molecule has 6 heteroatoms. The van der Waals surface area contributed by atoms with Crippen molar-refractivity contribution in [1.82, 2.24) is 0 Å². The molecule has 0 aromatic heterocycles. The third-order valence-corrected chi connectivity index (χ3v) is 3.87. The van der Waals surface area contributed by atoms with E-state index >= 15 is 0 Å². The monoisotopic (exact) mass is 296 g/mol. The van der Waals surface area contributed by atoms with Crippen molar-refractivity contribution in [2.45, 2.75) is 51.1 Å². The molecule has 2 aliphatic carbocycles. The summed E-state index contributed by atoms with van der Waals surface area (Å²) in [6.07, 6.45) is 10.2. The summed E-state index contributed by atoms with van der Waals surface area (Å²) in [5.41, 5.74) is 10.0. The molecule has 1 saturated carbocycles. The second kappa shape index (κ2) is 6.87. The zero-order chi connectivity index (χ0) is 16.1. The van der Waals surface area contributed by atoms with Crippen molar-refractivity contribution in [3.05, 3.63) is 23.8 Å². The summed E-state index contributed by atoms with van der Waals surface area (Å²) in [6.45, 7) is 1.50. The molecular weight excluding hydrogens is 272 g/mol. The smallest absolute Gasteiger partial charge is 0.331 e. The van der Waals surface area contributed by atoms with Crippen LogP contribution in [0.2, 0.25) is 0 Å². The Balaban J connectivity index is 0.000000235. The molecule has 1 fully saturated rings. The Morgan fingerprint density at radius 1 is 1.14 bits per heavy atom. The molecule has 118 valence electrons. The number of aliphatic carboxylic acids is 2. The molecule has 6 N–H and O–H groups in total. The van der Waals surface area contributed by atoms with Crippen LogP contribution < -0.4 is 11.5 Å². The Morgan fingerprint density at radius 3 is 2.10 bits per heavy atom. The highest BCUT2D eigenvalue weighted by molar-refractivity contribution is 5.90. The number of carbonyl (C=O) groups is 2. The number of allylic oxidation sites excluding steroid dienone is 2. The first-order chi connectivity index (χ1) is 9.66. The average Bonchev–Trinajstić information content (AvgIpc) is 2.39. The van der Waals surface area contributed by atoms with Crippen molar-refractivity contribution in [1.29, 1.82) is 0 Å². The summed E-state index contributed by atoms with van der Waals surface area (Å²) in [7, 11) is 0. The van der Waals surface area contributed by atoms with E-state index in [9.17, 15) is 9.59 Å². The summed E-state index contributed by atoms with van der Waals surface area (Å²) in [5.74, 6) is -2.06. The van der Waals surface area contributed by atoms with Gasteiger partial charge in [0.25, 0.3) is 0 Å². The van der Waals surface area contributed by atoms with Crippen LogP contribution in [-0.4, -0.2) is 27.8 Å². The molecule has 2 rings (SSSR count).